The second-order valence-corrected chi connectivity index (χ2v) is 4.23. The van der Waals surface area contributed by atoms with Crippen LogP contribution in [0, 0.1) is 6.92 Å². The number of carbonyl (C=O) groups is 1. The Morgan fingerprint density at radius 3 is 2.56 bits per heavy atom. The van der Waals surface area contributed by atoms with Gasteiger partial charge in [0.1, 0.15) is 0 Å². The minimum atomic E-state index is 0.0478. The molecule has 0 radical (unpaired) electrons. The van der Waals surface area contributed by atoms with Crippen LogP contribution in [0.1, 0.15) is 15.9 Å². The largest absolute Gasteiger partial charge is 0.294 e. The molecule has 82 valence electrons. The van der Waals surface area contributed by atoms with Crippen molar-refractivity contribution in [1.29, 1.82) is 0 Å². The normalized spacial score (nSPS) is 10.4. The predicted octanol–water partition coefficient (Wildman–Crippen LogP) is 3.33. The van der Waals surface area contributed by atoms with Crippen molar-refractivity contribution in [1.82, 2.24) is 4.57 Å². The molecule has 0 unspecified atom stereocenters. The van der Waals surface area contributed by atoms with Crippen molar-refractivity contribution in [3.63, 3.8) is 0 Å². The zero-order valence-electron chi connectivity index (χ0n) is 8.98. The van der Waals surface area contributed by atoms with E-state index in [-0.39, 0.29) is 5.91 Å². The van der Waals surface area contributed by atoms with Gasteiger partial charge >= 0.3 is 0 Å². The van der Waals surface area contributed by atoms with Crippen molar-refractivity contribution < 1.29 is 4.79 Å². The van der Waals surface area contributed by atoms with E-state index in [1.165, 1.54) is 0 Å². The molecule has 1 aromatic heterocycles. The molecule has 0 N–H and O–H groups in total. The van der Waals surface area contributed by atoms with Gasteiger partial charge in [0.05, 0.1) is 6.42 Å². The monoisotopic (exact) mass is 233 g/mol. The summed E-state index contributed by atoms with van der Waals surface area (Å²) < 4.78 is 1.58. The van der Waals surface area contributed by atoms with E-state index in [1.807, 2.05) is 37.3 Å². The molecule has 2 rings (SSSR count). The van der Waals surface area contributed by atoms with Gasteiger partial charge in [0.15, 0.2) is 0 Å². The van der Waals surface area contributed by atoms with Crippen LogP contribution >= 0.6 is 11.6 Å². The lowest BCUT2D eigenvalue weighted by Gasteiger charge is -2.04. The van der Waals surface area contributed by atoms with Gasteiger partial charge in [-0.05, 0) is 42.3 Å². The summed E-state index contributed by atoms with van der Waals surface area (Å²) in [7, 11) is 0. The third-order valence-corrected chi connectivity index (χ3v) is 2.57. The topological polar surface area (TPSA) is 22.0 Å². The first-order chi connectivity index (χ1) is 7.65. The highest BCUT2D eigenvalue weighted by Gasteiger charge is 2.06. The van der Waals surface area contributed by atoms with Crippen LogP contribution in [0.2, 0.25) is 5.02 Å². The van der Waals surface area contributed by atoms with Gasteiger partial charge in [-0.15, -0.1) is 0 Å². The highest BCUT2D eigenvalue weighted by molar-refractivity contribution is 6.30. The summed E-state index contributed by atoms with van der Waals surface area (Å²) in [6, 6.07) is 9.36. The fourth-order valence-corrected chi connectivity index (χ4v) is 1.99. The van der Waals surface area contributed by atoms with E-state index in [4.69, 9.17) is 11.6 Å². The Morgan fingerprint density at radius 1 is 1.25 bits per heavy atom. The number of benzene rings is 1. The van der Waals surface area contributed by atoms with Crippen LogP contribution in [0.3, 0.4) is 0 Å². The molecule has 2 aromatic rings. The Hall–Kier alpha value is -1.54. The summed E-state index contributed by atoms with van der Waals surface area (Å²) in [4.78, 5) is 11.8. The molecule has 16 heavy (non-hydrogen) atoms. The fraction of sp³-hybridized carbons (Fsp3) is 0.154. The average molecular weight is 234 g/mol. The third-order valence-electron chi connectivity index (χ3n) is 2.35. The summed E-state index contributed by atoms with van der Waals surface area (Å²) in [5, 5.41) is 0.676. The molecule has 0 aliphatic carbocycles. The number of carbonyl (C=O) groups excluding carboxylic acids is 1. The first-order valence-electron chi connectivity index (χ1n) is 5.07. The second-order valence-electron chi connectivity index (χ2n) is 3.80. The van der Waals surface area contributed by atoms with Gasteiger partial charge in [0, 0.05) is 17.4 Å². The molecule has 1 heterocycles. The number of rotatable bonds is 2. The first kappa shape index (κ1) is 11.0. The minimum absolute atomic E-state index is 0.0478. The zero-order valence-corrected chi connectivity index (χ0v) is 9.74. The van der Waals surface area contributed by atoms with Gasteiger partial charge in [-0.25, -0.2) is 0 Å². The van der Waals surface area contributed by atoms with E-state index in [1.54, 1.807) is 17.0 Å². The van der Waals surface area contributed by atoms with Crippen molar-refractivity contribution in [3.8, 4) is 0 Å². The maximum absolute atomic E-state index is 11.8. The van der Waals surface area contributed by atoms with Gasteiger partial charge < -0.3 is 0 Å². The van der Waals surface area contributed by atoms with Gasteiger partial charge in [0.2, 0.25) is 5.91 Å². The van der Waals surface area contributed by atoms with E-state index in [2.05, 4.69) is 0 Å². The number of halogens is 1. The number of nitrogens with zero attached hydrogens (tertiary/aromatic N) is 1. The van der Waals surface area contributed by atoms with Gasteiger partial charge in [-0.3, -0.25) is 9.36 Å². The minimum Gasteiger partial charge on any atom is -0.294 e. The SMILES string of the molecule is Cc1cc(Cl)cc(CC(=O)n2cccc2)c1. The summed E-state index contributed by atoms with van der Waals surface area (Å²) in [5.41, 5.74) is 2.02. The molecule has 2 nitrogen and oxygen atoms in total. The molecule has 0 saturated carbocycles. The molecular formula is C13H12ClNO. The van der Waals surface area contributed by atoms with Gasteiger partial charge in [0.25, 0.3) is 0 Å². The molecule has 3 heteroatoms. The Labute approximate surface area is 99.5 Å². The van der Waals surface area contributed by atoms with E-state index in [0.717, 1.165) is 11.1 Å². The lowest BCUT2D eigenvalue weighted by molar-refractivity contribution is 0.0914. The lowest BCUT2D eigenvalue weighted by Crippen LogP contribution is -2.11. The number of aryl methyl sites for hydroxylation is 1. The lowest BCUT2D eigenvalue weighted by atomic mass is 10.1. The smallest absolute Gasteiger partial charge is 0.234 e. The second kappa shape index (κ2) is 4.54. The van der Waals surface area contributed by atoms with Crippen LogP contribution in [-0.4, -0.2) is 10.5 Å². The van der Waals surface area contributed by atoms with E-state index >= 15 is 0 Å². The fourth-order valence-electron chi connectivity index (χ4n) is 1.68. The highest BCUT2D eigenvalue weighted by atomic mass is 35.5. The standard InChI is InChI=1S/C13H12ClNO/c1-10-6-11(8-12(14)7-10)9-13(16)15-4-2-3-5-15/h2-8H,9H2,1H3. The van der Waals surface area contributed by atoms with Crippen LogP contribution in [-0.2, 0) is 6.42 Å². The Morgan fingerprint density at radius 2 is 1.94 bits per heavy atom. The molecule has 0 aliphatic rings. The molecule has 0 fully saturated rings. The molecule has 1 aromatic carbocycles. The highest BCUT2D eigenvalue weighted by Crippen LogP contribution is 2.15. The van der Waals surface area contributed by atoms with Gasteiger partial charge in [-0.1, -0.05) is 17.7 Å². The number of aromatic nitrogens is 1. The Kier molecular flexibility index (Phi) is 3.11. The summed E-state index contributed by atoms with van der Waals surface area (Å²) >= 11 is 5.94. The van der Waals surface area contributed by atoms with Crippen molar-refractivity contribution in [2.45, 2.75) is 13.3 Å². The van der Waals surface area contributed by atoms with Crippen LogP contribution in [0.25, 0.3) is 0 Å². The maximum Gasteiger partial charge on any atom is 0.234 e. The molecule has 0 amide bonds. The maximum atomic E-state index is 11.8. The predicted molar refractivity (Wildman–Crippen MR) is 65.0 cm³/mol. The Bertz CT molecular complexity index is 482. The van der Waals surface area contributed by atoms with Crippen molar-refractivity contribution in [2.24, 2.45) is 0 Å². The van der Waals surface area contributed by atoms with Crippen LogP contribution in [0.4, 0.5) is 0 Å². The molecule has 0 bridgehead atoms. The third kappa shape index (κ3) is 2.52. The molecule has 0 atom stereocenters. The van der Waals surface area contributed by atoms with Gasteiger partial charge in [-0.2, -0.15) is 0 Å². The zero-order chi connectivity index (χ0) is 11.5. The van der Waals surface area contributed by atoms with Crippen LogP contribution < -0.4 is 0 Å². The van der Waals surface area contributed by atoms with Crippen molar-refractivity contribution in [2.75, 3.05) is 0 Å². The molecule has 0 saturated heterocycles. The van der Waals surface area contributed by atoms with Crippen molar-refractivity contribution in [3.05, 3.63) is 58.9 Å². The molecule has 0 aliphatic heterocycles. The molecular weight excluding hydrogens is 222 g/mol. The average Bonchev–Trinajstić information content (AvgIpc) is 2.68. The van der Waals surface area contributed by atoms with E-state index in [9.17, 15) is 4.79 Å². The summed E-state index contributed by atoms with van der Waals surface area (Å²) in [6.07, 6.45) is 3.87. The Balaban J connectivity index is 2.18. The first-order valence-corrected chi connectivity index (χ1v) is 5.45. The number of hydrogen-bond donors (Lipinski definition) is 0. The van der Waals surface area contributed by atoms with E-state index in [0.29, 0.717) is 11.4 Å². The molecule has 0 spiro atoms. The van der Waals surface area contributed by atoms with Crippen LogP contribution in [0.5, 0.6) is 0 Å². The van der Waals surface area contributed by atoms with Crippen LogP contribution in [0.15, 0.2) is 42.7 Å². The quantitative estimate of drug-likeness (QED) is 0.780. The van der Waals surface area contributed by atoms with Crippen molar-refractivity contribution >= 4 is 17.5 Å². The van der Waals surface area contributed by atoms with E-state index < -0.39 is 0 Å². The summed E-state index contributed by atoms with van der Waals surface area (Å²) in [6.45, 7) is 1.97. The summed E-state index contributed by atoms with van der Waals surface area (Å²) in [5.74, 6) is 0.0478. The number of hydrogen-bond acceptors (Lipinski definition) is 1.